The van der Waals surface area contributed by atoms with Crippen molar-refractivity contribution in [2.45, 2.75) is 59.3 Å². The van der Waals surface area contributed by atoms with E-state index in [4.69, 9.17) is 0 Å². The van der Waals surface area contributed by atoms with Gasteiger partial charge in [-0.15, -0.1) is 0 Å². The summed E-state index contributed by atoms with van der Waals surface area (Å²) in [5.74, 6) is 0.0202. The van der Waals surface area contributed by atoms with Crippen LogP contribution >= 0.6 is 0 Å². The Morgan fingerprint density at radius 3 is 2.68 bits per heavy atom. The fraction of sp³-hybridized carbons (Fsp3) is 0.650. The molecule has 4 atom stereocenters. The predicted molar refractivity (Wildman–Crippen MR) is 91.6 cm³/mol. The van der Waals surface area contributed by atoms with E-state index in [1.807, 2.05) is 13.0 Å². The summed E-state index contributed by atoms with van der Waals surface area (Å²) in [4.78, 5) is 11.9. The zero-order valence-corrected chi connectivity index (χ0v) is 14.3. The summed E-state index contributed by atoms with van der Waals surface area (Å²) >= 11 is 0. The van der Waals surface area contributed by atoms with E-state index < -0.39 is 11.4 Å². The largest absolute Gasteiger partial charge is 0.481 e. The van der Waals surface area contributed by atoms with Crippen LogP contribution in [0, 0.1) is 22.7 Å². The van der Waals surface area contributed by atoms with Gasteiger partial charge in [0.15, 0.2) is 0 Å². The van der Waals surface area contributed by atoms with Crippen LogP contribution in [0.3, 0.4) is 0 Å². The molecule has 2 fully saturated rings. The van der Waals surface area contributed by atoms with Gasteiger partial charge in [-0.3, -0.25) is 4.79 Å². The first-order valence-electron chi connectivity index (χ1n) is 8.46. The van der Waals surface area contributed by atoms with E-state index in [0.717, 1.165) is 38.5 Å². The molecule has 0 aromatic heterocycles. The topological polar surface area (TPSA) is 37.3 Å². The summed E-state index contributed by atoms with van der Waals surface area (Å²) in [6.45, 7) is 14.5. The lowest BCUT2D eigenvalue weighted by Gasteiger charge is -2.57. The fourth-order valence-corrected chi connectivity index (χ4v) is 5.03. The summed E-state index contributed by atoms with van der Waals surface area (Å²) in [6, 6.07) is 0. The molecule has 0 unspecified atom stereocenters. The number of carboxylic acids is 1. The molecular weight excluding hydrogens is 272 g/mol. The molecule has 0 heterocycles. The van der Waals surface area contributed by atoms with Gasteiger partial charge in [0.25, 0.3) is 0 Å². The summed E-state index contributed by atoms with van der Waals surface area (Å²) in [7, 11) is 0. The Hall–Kier alpha value is -1.31. The summed E-state index contributed by atoms with van der Waals surface area (Å²) < 4.78 is 0. The van der Waals surface area contributed by atoms with Crippen LogP contribution in [0.15, 0.2) is 36.5 Å². The molecule has 2 heteroatoms. The van der Waals surface area contributed by atoms with Crippen molar-refractivity contribution in [3.63, 3.8) is 0 Å². The van der Waals surface area contributed by atoms with E-state index in [0.29, 0.717) is 5.92 Å². The average Bonchev–Trinajstić information content (AvgIpc) is 2.45. The van der Waals surface area contributed by atoms with Crippen molar-refractivity contribution < 1.29 is 9.90 Å². The smallest absolute Gasteiger partial charge is 0.309 e. The van der Waals surface area contributed by atoms with Crippen molar-refractivity contribution in [1.82, 2.24) is 0 Å². The van der Waals surface area contributed by atoms with Crippen molar-refractivity contribution in [2.24, 2.45) is 22.7 Å². The van der Waals surface area contributed by atoms with Crippen LogP contribution in [0.25, 0.3) is 0 Å². The van der Waals surface area contributed by atoms with Gasteiger partial charge in [0.1, 0.15) is 0 Å². The molecule has 0 aromatic carbocycles. The number of hydrogen-bond acceptors (Lipinski definition) is 1. The third-order valence-electron chi connectivity index (χ3n) is 6.51. The van der Waals surface area contributed by atoms with Crippen molar-refractivity contribution in [2.75, 3.05) is 0 Å². The molecule has 0 amide bonds. The molecule has 0 bridgehead atoms. The molecule has 0 aliphatic heterocycles. The Kier molecular flexibility index (Phi) is 4.70. The van der Waals surface area contributed by atoms with Crippen LogP contribution in [0.4, 0.5) is 0 Å². The highest BCUT2D eigenvalue weighted by Gasteiger charge is 2.57. The average molecular weight is 302 g/mol. The lowest BCUT2D eigenvalue weighted by atomic mass is 9.46. The molecule has 0 saturated heterocycles. The standard InChI is InChI=1S/C20H30O2/c1-6-14(2)8-10-16-15(3)9-11-17-19(16,4)12-7-13-20(17,5)18(21)22/h6,8,16-17H,1,3,7,9-13H2,2,4-5H3,(H,21,22)/t16-,17+,19+,20-/m0/s1. The Balaban J connectivity index is 2.36. The maximum atomic E-state index is 11.9. The minimum Gasteiger partial charge on any atom is -0.481 e. The van der Waals surface area contributed by atoms with Gasteiger partial charge >= 0.3 is 5.97 Å². The predicted octanol–water partition coefficient (Wildman–Crippen LogP) is 5.37. The lowest BCUT2D eigenvalue weighted by Crippen LogP contribution is -2.53. The molecule has 122 valence electrons. The van der Waals surface area contributed by atoms with Crippen LogP contribution in [-0.2, 0) is 4.79 Å². The molecular formula is C20H30O2. The minimum absolute atomic E-state index is 0.0542. The number of fused-ring (bicyclic) bond motifs is 1. The molecule has 1 N–H and O–H groups in total. The molecule has 2 rings (SSSR count). The van der Waals surface area contributed by atoms with Crippen molar-refractivity contribution >= 4 is 5.97 Å². The first-order chi connectivity index (χ1) is 10.3. The van der Waals surface area contributed by atoms with Gasteiger partial charge < -0.3 is 5.11 Å². The van der Waals surface area contributed by atoms with Gasteiger partial charge in [0.05, 0.1) is 5.41 Å². The summed E-state index contributed by atoms with van der Waals surface area (Å²) in [6.07, 6.45) is 9.95. The monoisotopic (exact) mass is 302 g/mol. The molecule has 2 aliphatic carbocycles. The number of rotatable bonds is 4. The Bertz CT molecular complexity index is 516. The third kappa shape index (κ3) is 2.68. The molecule has 2 nitrogen and oxygen atoms in total. The Morgan fingerprint density at radius 1 is 1.41 bits per heavy atom. The van der Waals surface area contributed by atoms with Crippen LogP contribution in [0.2, 0.25) is 0 Å². The SMILES string of the molecule is C=CC(C)=CC[C@H]1C(=C)CC[C@@H]2[C@]1(C)CCC[C@]2(C)C(=O)O. The van der Waals surface area contributed by atoms with E-state index >= 15 is 0 Å². The second-order valence-corrected chi connectivity index (χ2v) is 7.77. The number of carbonyl (C=O) groups is 1. The second kappa shape index (κ2) is 6.06. The Morgan fingerprint density at radius 2 is 2.09 bits per heavy atom. The van der Waals surface area contributed by atoms with Crippen LogP contribution in [0.5, 0.6) is 0 Å². The molecule has 0 aromatic rings. The first-order valence-corrected chi connectivity index (χ1v) is 8.46. The van der Waals surface area contributed by atoms with Gasteiger partial charge in [-0.1, -0.05) is 49.8 Å². The van der Waals surface area contributed by atoms with Crippen molar-refractivity contribution in [3.8, 4) is 0 Å². The highest BCUT2D eigenvalue weighted by atomic mass is 16.4. The molecule has 2 aliphatic rings. The zero-order valence-electron chi connectivity index (χ0n) is 14.3. The molecule has 22 heavy (non-hydrogen) atoms. The second-order valence-electron chi connectivity index (χ2n) is 7.77. The fourth-order valence-electron chi connectivity index (χ4n) is 5.03. The van der Waals surface area contributed by atoms with Crippen LogP contribution < -0.4 is 0 Å². The first kappa shape index (κ1) is 17.1. The van der Waals surface area contributed by atoms with E-state index in [-0.39, 0.29) is 11.3 Å². The molecule has 0 spiro atoms. The zero-order chi connectivity index (χ0) is 16.5. The van der Waals surface area contributed by atoms with Crippen LogP contribution in [0.1, 0.15) is 59.3 Å². The third-order valence-corrected chi connectivity index (χ3v) is 6.51. The van der Waals surface area contributed by atoms with E-state index in [1.54, 1.807) is 0 Å². The van der Waals surface area contributed by atoms with Gasteiger partial charge in [0, 0.05) is 0 Å². The Labute approximate surface area is 135 Å². The van der Waals surface area contributed by atoms with E-state index in [9.17, 15) is 9.90 Å². The normalized spacial score (nSPS) is 39.2. The van der Waals surface area contributed by atoms with Gasteiger partial charge in [-0.25, -0.2) is 0 Å². The van der Waals surface area contributed by atoms with Crippen molar-refractivity contribution in [3.05, 3.63) is 36.5 Å². The molecule has 0 radical (unpaired) electrons. The van der Waals surface area contributed by atoms with E-state index in [2.05, 4.69) is 33.1 Å². The maximum absolute atomic E-state index is 11.9. The number of carboxylic acid groups (broad SMARTS) is 1. The summed E-state index contributed by atoms with van der Waals surface area (Å²) in [5, 5.41) is 9.81. The van der Waals surface area contributed by atoms with E-state index in [1.165, 1.54) is 11.1 Å². The quantitative estimate of drug-likeness (QED) is 0.559. The number of aliphatic carboxylic acids is 1. The van der Waals surface area contributed by atoms with Gasteiger partial charge in [-0.2, -0.15) is 0 Å². The highest BCUT2D eigenvalue weighted by Crippen LogP contribution is 2.61. The number of hydrogen-bond donors (Lipinski definition) is 1. The van der Waals surface area contributed by atoms with Crippen molar-refractivity contribution in [1.29, 1.82) is 0 Å². The minimum atomic E-state index is -0.618. The summed E-state index contributed by atoms with van der Waals surface area (Å²) in [5.41, 5.74) is 1.97. The maximum Gasteiger partial charge on any atom is 0.309 e. The van der Waals surface area contributed by atoms with Crippen LogP contribution in [-0.4, -0.2) is 11.1 Å². The van der Waals surface area contributed by atoms with Gasteiger partial charge in [-0.05, 0) is 63.2 Å². The van der Waals surface area contributed by atoms with Gasteiger partial charge in [0.2, 0.25) is 0 Å². The lowest BCUT2D eigenvalue weighted by molar-refractivity contribution is -0.164. The molecule has 2 saturated carbocycles. The number of allylic oxidation sites excluding steroid dienone is 4. The highest BCUT2D eigenvalue weighted by molar-refractivity contribution is 5.75.